The fourth-order valence-corrected chi connectivity index (χ4v) is 3.54. The summed E-state index contributed by atoms with van der Waals surface area (Å²) in [5.41, 5.74) is -0.511. The first-order valence-electron chi connectivity index (χ1n) is 8.63. The van der Waals surface area contributed by atoms with Crippen molar-refractivity contribution in [3.05, 3.63) is 71.1 Å². The van der Waals surface area contributed by atoms with Crippen molar-refractivity contribution < 1.29 is 19.2 Å². The molecule has 1 heterocycles. The fraction of sp³-hybridized carbons (Fsp3) is 0.333. The van der Waals surface area contributed by atoms with Gasteiger partial charge in [0.05, 0.1) is 21.0 Å². The number of halogens is 3. The Balaban J connectivity index is 0.000000248. The van der Waals surface area contributed by atoms with E-state index in [2.05, 4.69) is 15.9 Å². The summed E-state index contributed by atoms with van der Waals surface area (Å²) < 4.78 is 12.3. The zero-order valence-corrected chi connectivity index (χ0v) is 19.6. The summed E-state index contributed by atoms with van der Waals surface area (Å²) in [6, 6.07) is 8.63. The molecule has 1 aliphatic rings. The number of nitro groups is 2. The number of benzene rings is 2. The van der Waals surface area contributed by atoms with Crippen LogP contribution in [-0.4, -0.2) is 28.2 Å². The van der Waals surface area contributed by atoms with Gasteiger partial charge in [0.1, 0.15) is 0 Å². The van der Waals surface area contributed by atoms with E-state index in [-0.39, 0.29) is 11.4 Å². The Kier molecular flexibility index (Phi) is 7.52. The lowest BCUT2D eigenvalue weighted by atomic mass is 9.79. The first kappa shape index (κ1) is 24.6. The van der Waals surface area contributed by atoms with Gasteiger partial charge in [-0.05, 0) is 45.3 Å². The van der Waals surface area contributed by atoms with Crippen LogP contribution in [0.3, 0.4) is 0 Å². The molecule has 0 amide bonds. The first-order chi connectivity index (χ1) is 13.7. The Morgan fingerprint density at radius 3 is 1.70 bits per heavy atom. The predicted octanol–water partition coefficient (Wildman–Crippen LogP) is 5.56. The van der Waals surface area contributed by atoms with Crippen molar-refractivity contribution in [3.8, 4) is 0 Å². The summed E-state index contributed by atoms with van der Waals surface area (Å²) in [6.07, 6.45) is 0. The zero-order chi connectivity index (χ0) is 22.9. The van der Waals surface area contributed by atoms with E-state index in [9.17, 15) is 20.2 Å². The first-order valence-corrected chi connectivity index (χ1v) is 10.2. The minimum Gasteiger partial charge on any atom is -0.399 e. The topological polar surface area (TPSA) is 105 Å². The molecule has 1 saturated heterocycles. The third-order valence-corrected chi connectivity index (χ3v) is 5.59. The molecule has 1 aliphatic heterocycles. The van der Waals surface area contributed by atoms with Crippen molar-refractivity contribution in [2.75, 3.05) is 0 Å². The number of hydrogen-bond acceptors (Lipinski definition) is 6. The van der Waals surface area contributed by atoms with Gasteiger partial charge in [0.15, 0.2) is 0 Å². The number of non-ortho nitro benzene ring substituents is 2. The van der Waals surface area contributed by atoms with Crippen LogP contribution in [-0.2, 0) is 9.31 Å². The molecule has 0 unspecified atom stereocenters. The van der Waals surface area contributed by atoms with E-state index in [1.165, 1.54) is 24.3 Å². The van der Waals surface area contributed by atoms with Crippen LogP contribution in [0.5, 0.6) is 0 Å². The second kappa shape index (κ2) is 9.19. The molecular weight excluding hydrogens is 502 g/mol. The fourth-order valence-electron chi connectivity index (χ4n) is 2.46. The van der Waals surface area contributed by atoms with Crippen LogP contribution in [0.15, 0.2) is 40.9 Å². The summed E-state index contributed by atoms with van der Waals surface area (Å²) >= 11 is 14.6. The van der Waals surface area contributed by atoms with Crippen LogP contribution in [0.2, 0.25) is 10.0 Å². The summed E-state index contributed by atoms with van der Waals surface area (Å²) in [6.45, 7) is 7.69. The van der Waals surface area contributed by atoms with Crippen molar-refractivity contribution in [2.45, 2.75) is 38.9 Å². The molecule has 0 radical (unpaired) electrons. The molecule has 0 spiro atoms. The third kappa shape index (κ3) is 5.92. The van der Waals surface area contributed by atoms with E-state index < -0.39 is 28.2 Å². The van der Waals surface area contributed by atoms with Gasteiger partial charge in [-0.1, -0.05) is 39.1 Å². The van der Waals surface area contributed by atoms with Crippen LogP contribution < -0.4 is 5.46 Å². The number of rotatable bonds is 3. The van der Waals surface area contributed by atoms with Crippen LogP contribution in [0.1, 0.15) is 27.7 Å². The maximum absolute atomic E-state index is 10.8. The molecule has 0 aromatic heterocycles. The highest BCUT2D eigenvalue weighted by atomic mass is 79.9. The molecule has 30 heavy (non-hydrogen) atoms. The lowest BCUT2D eigenvalue weighted by Gasteiger charge is -2.32. The van der Waals surface area contributed by atoms with Crippen LogP contribution >= 0.6 is 39.1 Å². The summed E-state index contributed by atoms with van der Waals surface area (Å²) in [7, 11) is -0.651. The van der Waals surface area contributed by atoms with Gasteiger partial charge in [-0.25, -0.2) is 0 Å². The molecule has 0 saturated carbocycles. The second-order valence-electron chi connectivity index (χ2n) is 7.47. The molecule has 1 fully saturated rings. The molecule has 2 aromatic rings. The van der Waals surface area contributed by atoms with E-state index in [4.69, 9.17) is 32.5 Å². The smallest absolute Gasteiger partial charge is 0.399 e. The molecule has 8 nitrogen and oxygen atoms in total. The number of nitrogens with zero attached hydrogens (tertiary/aromatic N) is 2. The van der Waals surface area contributed by atoms with Crippen molar-refractivity contribution in [1.82, 2.24) is 0 Å². The molecule has 0 aliphatic carbocycles. The Morgan fingerprint density at radius 1 is 0.833 bits per heavy atom. The highest BCUT2D eigenvalue weighted by Gasteiger charge is 2.52. The standard InChI is InChI=1S/C12H15BClNO4.C6H3BrClNO2/c1-11(2)12(3,4)19-13(18-11)8-5-9(14)7-10(6-8)15(16)17;7-4-1-5(8)3-6(2-4)9(10)11/h5-7H,1-4H3;1-3H. The van der Waals surface area contributed by atoms with E-state index in [1.807, 2.05) is 27.7 Å². The normalized spacial score (nSPS) is 16.6. The average molecular weight is 520 g/mol. The SMILES string of the molecule is CC1(C)OB(c2cc(Cl)cc([N+](=O)[O-])c2)OC1(C)C.O=[N+]([O-])c1cc(Cl)cc(Br)c1. The van der Waals surface area contributed by atoms with Crippen LogP contribution in [0.4, 0.5) is 11.4 Å². The van der Waals surface area contributed by atoms with Crippen molar-refractivity contribution in [2.24, 2.45) is 0 Å². The summed E-state index contributed by atoms with van der Waals surface area (Å²) in [5, 5.41) is 21.7. The Hall–Kier alpha value is -1.72. The maximum Gasteiger partial charge on any atom is 0.495 e. The van der Waals surface area contributed by atoms with Gasteiger partial charge in [-0.2, -0.15) is 0 Å². The predicted molar refractivity (Wildman–Crippen MR) is 120 cm³/mol. The zero-order valence-electron chi connectivity index (χ0n) is 16.5. The third-order valence-electron chi connectivity index (χ3n) is 4.70. The maximum atomic E-state index is 10.8. The molecule has 2 aromatic carbocycles. The van der Waals surface area contributed by atoms with Gasteiger partial charge in [0.25, 0.3) is 11.4 Å². The van der Waals surface area contributed by atoms with E-state index in [1.54, 1.807) is 12.1 Å². The lowest BCUT2D eigenvalue weighted by Crippen LogP contribution is -2.41. The minimum absolute atomic E-state index is 0.00984. The van der Waals surface area contributed by atoms with Gasteiger partial charge in [-0.15, -0.1) is 0 Å². The molecule has 0 bridgehead atoms. The summed E-state index contributed by atoms with van der Waals surface area (Å²) in [4.78, 5) is 20.1. The molecule has 0 N–H and O–H groups in total. The second-order valence-corrected chi connectivity index (χ2v) is 9.26. The Bertz CT molecular complexity index is 953. The van der Waals surface area contributed by atoms with E-state index in [0.717, 1.165) is 0 Å². The van der Waals surface area contributed by atoms with Crippen molar-refractivity contribution >= 4 is 63.1 Å². The van der Waals surface area contributed by atoms with E-state index in [0.29, 0.717) is 20.0 Å². The average Bonchev–Trinajstić information content (AvgIpc) is 2.81. The largest absolute Gasteiger partial charge is 0.495 e. The van der Waals surface area contributed by atoms with E-state index >= 15 is 0 Å². The van der Waals surface area contributed by atoms with Gasteiger partial charge >= 0.3 is 7.12 Å². The number of nitro benzene ring substituents is 2. The van der Waals surface area contributed by atoms with Crippen LogP contribution in [0.25, 0.3) is 0 Å². The van der Waals surface area contributed by atoms with Crippen molar-refractivity contribution in [1.29, 1.82) is 0 Å². The lowest BCUT2D eigenvalue weighted by molar-refractivity contribution is -0.385. The molecule has 160 valence electrons. The van der Waals surface area contributed by atoms with Gasteiger partial charge in [0, 0.05) is 38.8 Å². The monoisotopic (exact) mass is 518 g/mol. The van der Waals surface area contributed by atoms with Crippen molar-refractivity contribution in [3.63, 3.8) is 0 Å². The van der Waals surface area contributed by atoms with Crippen LogP contribution in [0, 0.1) is 20.2 Å². The molecular formula is C18H18BBrCl2N2O6. The molecule has 0 atom stereocenters. The quantitative estimate of drug-likeness (QED) is 0.299. The van der Waals surface area contributed by atoms with Gasteiger partial charge in [0.2, 0.25) is 0 Å². The summed E-state index contributed by atoms with van der Waals surface area (Å²) in [5.74, 6) is 0. The van der Waals surface area contributed by atoms with Gasteiger partial charge in [-0.3, -0.25) is 20.2 Å². The Labute approximate surface area is 192 Å². The molecule has 12 heteroatoms. The Morgan fingerprint density at radius 2 is 1.27 bits per heavy atom. The van der Waals surface area contributed by atoms with Gasteiger partial charge < -0.3 is 9.31 Å². The highest BCUT2D eigenvalue weighted by Crippen LogP contribution is 2.36. The minimum atomic E-state index is -0.651. The molecule has 3 rings (SSSR count). The number of hydrogen-bond donors (Lipinski definition) is 0. The highest BCUT2D eigenvalue weighted by molar-refractivity contribution is 9.10.